The van der Waals surface area contributed by atoms with Gasteiger partial charge in [-0.25, -0.2) is 9.53 Å². The van der Waals surface area contributed by atoms with E-state index in [4.69, 9.17) is 11.3 Å². The van der Waals surface area contributed by atoms with Gasteiger partial charge in [0.2, 0.25) is 0 Å². The SMILES string of the molecule is [C-]#[N+]/C(=C/c1cn(-c2ccccc2)nc1-c1ccc(OCCCCCCCCCC)cc1)C(=O)O. The molecular formula is C29H33N3O3. The molecule has 0 aliphatic heterocycles. The first-order chi connectivity index (χ1) is 17.1. The Morgan fingerprint density at radius 3 is 2.29 bits per heavy atom. The molecule has 6 heteroatoms. The first-order valence-corrected chi connectivity index (χ1v) is 12.3. The van der Waals surface area contributed by atoms with Crippen LogP contribution < -0.4 is 4.74 Å². The van der Waals surface area contributed by atoms with Crippen LogP contribution in [0.3, 0.4) is 0 Å². The third kappa shape index (κ3) is 7.86. The summed E-state index contributed by atoms with van der Waals surface area (Å²) in [5.41, 5.74) is 2.48. The minimum Gasteiger partial charge on any atom is -0.494 e. The molecule has 0 radical (unpaired) electrons. The van der Waals surface area contributed by atoms with Gasteiger partial charge >= 0.3 is 5.97 Å². The van der Waals surface area contributed by atoms with Crippen molar-refractivity contribution >= 4 is 12.0 Å². The van der Waals surface area contributed by atoms with Gasteiger partial charge in [0.05, 0.1) is 24.6 Å². The number of unbranched alkanes of at least 4 members (excludes halogenated alkanes) is 7. The van der Waals surface area contributed by atoms with Crippen LogP contribution in [0, 0.1) is 6.57 Å². The highest BCUT2D eigenvalue weighted by molar-refractivity contribution is 5.95. The molecule has 0 saturated heterocycles. The monoisotopic (exact) mass is 471 g/mol. The predicted octanol–water partition coefficient (Wildman–Crippen LogP) is 7.40. The summed E-state index contributed by atoms with van der Waals surface area (Å²) in [7, 11) is 0. The van der Waals surface area contributed by atoms with Crippen LogP contribution in [-0.2, 0) is 4.79 Å². The van der Waals surface area contributed by atoms with Gasteiger partial charge in [-0.3, -0.25) is 4.79 Å². The average Bonchev–Trinajstić information content (AvgIpc) is 3.31. The third-order valence-electron chi connectivity index (χ3n) is 5.79. The van der Waals surface area contributed by atoms with Crippen molar-refractivity contribution in [3.63, 3.8) is 0 Å². The fourth-order valence-corrected chi connectivity index (χ4v) is 3.85. The smallest absolute Gasteiger partial charge is 0.333 e. The van der Waals surface area contributed by atoms with Crippen LogP contribution in [-0.4, -0.2) is 27.5 Å². The summed E-state index contributed by atoms with van der Waals surface area (Å²) < 4.78 is 7.60. The zero-order chi connectivity index (χ0) is 24.9. The zero-order valence-electron chi connectivity index (χ0n) is 20.3. The number of hydrogen-bond donors (Lipinski definition) is 1. The molecule has 0 aliphatic carbocycles. The Morgan fingerprint density at radius 2 is 1.66 bits per heavy atom. The topological polar surface area (TPSA) is 68.7 Å². The number of aromatic nitrogens is 2. The molecule has 3 aromatic rings. The van der Waals surface area contributed by atoms with Crippen LogP contribution in [0.2, 0.25) is 0 Å². The maximum absolute atomic E-state index is 11.4. The highest BCUT2D eigenvalue weighted by Crippen LogP contribution is 2.28. The second-order valence-corrected chi connectivity index (χ2v) is 8.51. The number of benzene rings is 2. The summed E-state index contributed by atoms with van der Waals surface area (Å²) in [5.74, 6) is -0.466. The van der Waals surface area contributed by atoms with E-state index in [0.29, 0.717) is 17.9 Å². The molecule has 0 amide bonds. The Hall–Kier alpha value is -3.85. The van der Waals surface area contributed by atoms with Crippen LogP contribution in [0.4, 0.5) is 0 Å². The van der Waals surface area contributed by atoms with Gasteiger partial charge in [0.1, 0.15) is 5.75 Å². The van der Waals surface area contributed by atoms with Gasteiger partial charge in [-0.2, -0.15) is 5.10 Å². The molecule has 0 fully saturated rings. The molecule has 0 saturated carbocycles. The molecule has 182 valence electrons. The van der Waals surface area contributed by atoms with E-state index < -0.39 is 5.97 Å². The molecule has 3 rings (SSSR count). The van der Waals surface area contributed by atoms with Crippen LogP contribution >= 0.6 is 0 Å². The van der Waals surface area contributed by atoms with E-state index in [1.165, 1.54) is 51.0 Å². The third-order valence-corrected chi connectivity index (χ3v) is 5.79. The molecule has 1 heterocycles. The van der Waals surface area contributed by atoms with Crippen LogP contribution in [0.1, 0.15) is 63.9 Å². The average molecular weight is 472 g/mol. The second-order valence-electron chi connectivity index (χ2n) is 8.51. The number of aliphatic carboxylic acids is 1. The first-order valence-electron chi connectivity index (χ1n) is 12.3. The van der Waals surface area contributed by atoms with Crippen LogP contribution in [0.15, 0.2) is 66.5 Å². The minimum atomic E-state index is -1.26. The van der Waals surface area contributed by atoms with E-state index in [-0.39, 0.29) is 5.70 Å². The molecule has 0 aliphatic rings. The molecule has 0 bridgehead atoms. The van der Waals surface area contributed by atoms with Gasteiger partial charge in [-0.1, -0.05) is 70.1 Å². The number of carboxylic acids is 1. The number of carbonyl (C=O) groups is 1. The quantitative estimate of drug-likeness (QED) is 0.151. The van der Waals surface area contributed by atoms with Gasteiger partial charge in [0, 0.05) is 17.3 Å². The Bertz CT molecular complexity index is 1140. The highest BCUT2D eigenvalue weighted by Gasteiger charge is 2.15. The summed E-state index contributed by atoms with van der Waals surface area (Å²) in [6, 6.07) is 17.2. The summed E-state index contributed by atoms with van der Waals surface area (Å²) in [6.07, 6.45) is 13.2. The lowest BCUT2D eigenvalue weighted by molar-refractivity contribution is -0.132. The summed E-state index contributed by atoms with van der Waals surface area (Å²) >= 11 is 0. The van der Waals surface area contributed by atoms with Crippen molar-refractivity contribution < 1.29 is 14.6 Å². The molecule has 0 spiro atoms. The summed E-state index contributed by atoms with van der Waals surface area (Å²) in [4.78, 5) is 14.5. The molecule has 0 unspecified atom stereocenters. The van der Waals surface area contributed by atoms with E-state index >= 15 is 0 Å². The number of rotatable bonds is 14. The number of carboxylic acid groups (broad SMARTS) is 1. The van der Waals surface area contributed by atoms with E-state index in [1.807, 2.05) is 54.6 Å². The van der Waals surface area contributed by atoms with Crippen molar-refractivity contribution in [3.05, 3.63) is 83.5 Å². The number of hydrogen-bond acceptors (Lipinski definition) is 3. The van der Waals surface area contributed by atoms with E-state index in [1.54, 1.807) is 10.9 Å². The second kappa shape index (κ2) is 13.8. The van der Waals surface area contributed by atoms with E-state index in [2.05, 4.69) is 16.9 Å². The van der Waals surface area contributed by atoms with Gasteiger partial charge < -0.3 is 9.84 Å². The summed E-state index contributed by atoms with van der Waals surface area (Å²) in [5, 5.41) is 14.0. The van der Waals surface area contributed by atoms with Gasteiger partial charge in [0.15, 0.2) is 0 Å². The van der Waals surface area contributed by atoms with E-state index in [9.17, 15) is 9.90 Å². The fraction of sp³-hybridized carbons (Fsp3) is 0.345. The van der Waals surface area contributed by atoms with Crippen LogP contribution in [0.5, 0.6) is 5.75 Å². The fourth-order valence-electron chi connectivity index (χ4n) is 3.85. The lowest BCUT2D eigenvalue weighted by Crippen LogP contribution is -1.97. The van der Waals surface area contributed by atoms with Crippen molar-refractivity contribution in [3.8, 4) is 22.7 Å². The summed E-state index contributed by atoms with van der Waals surface area (Å²) in [6.45, 7) is 10.1. The lowest BCUT2D eigenvalue weighted by Gasteiger charge is -2.07. The maximum Gasteiger partial charge on any atom is 0.333 e. The predicted molar refractivity (Wildman–Crippen MR) is 139 cm³/mol. The van der Waals surface area contributed by atoms with Crippen molar-refractivity contribution in [2.75, 3.05) is 6.61 Å². The van der Waals surface area contributed by atoms with Gasteiger partial charge in [-0.05, 0) is 48.9 Å². The normalized spacial score (nSPS) is 11.3. The molecule has 2 aromatic carbocycles. The highest BCUT2D eigenvalue weighted by atomic mass is 16.5. The Morgan fingerprint density at radius 1 is 1.00 bits per heavy atom. The molecular weight excluding hydrogens is 438 g/mol. The molecule has 1 aromatic heterocycles. The Kier molecular flexibility index (Phi) is 10.1. The Labute approximate surface area is 207 Å². The van der Waals surface area contributed by atoms with Gasteiger partial charge in [0.25, 0.3) is 5.70 Å². The molecule has 1 N–H and O–H groups in total. The maximum atomic E-state index is 11.4. The zero-order valence-corrected chi connectivity index (χ0v) is 20.3. The van der Waals surface area contributed by atoms with Gasteiger partial charge in [-0.15, -0.1) is 0 Å². The van der Waals surface area contributed by atoms with Crippen LogP contribution in [0.25, 0.3) is 27.9 Å². The minimum absolute atomic E-state index is 0.357. The van der Waals surface area contributed by atoms with Crippen molar-refractivity contribution in [2.45, 2.75) is 58.3 Å². The molecule has 0 atom stereocenters. The number of nitrogens with zero attached hydrogens (tertiary/aromatic N) is 3. The molecule has 35 heavy (non-hydrogen) atoms. The Balaban J connectivity index is 1.67. The van der Waals surface area contributed by atoms with E-state index in [0.717, 1.165) is 23.4 Å². The van der Waals surface area contributed by atoms with Crippen molar-refractivity contribution in [2.24, 2.45) is 0 Å². The first kappa shape index (κ1) is 25.8. The largest absolute Gasteiger partial charge is 0.494 e. The standard InChI is InChI=1S/C29H33N3O3/c1-3-4-5-6-7-8-9-13-20-35-26-18-16-23(17-19-26)28-24(21-27(30-2)29(33)34)22-32(31-28)25-14-11-10-12-15-25/h10-12,14-19,21-22H,3-9,13,20H2,1H3,(H,33,34)/b27-21+. The molecule has 6 nitrogen and oxygen atoms in total. The van der Waals surface area contributed by atoms with Crippen molar-refractivity contribution in [1.29, 1.82) is 0 Å². The number of ether oxygens (including phenoxy) is 1. The van der Waals surface area contributed by atoms with Crippen molar-refractivity contribution in [1.82, 2.24) is 9.78 Å². The number of para-hydroxylation sites is 1. The lowest BCUT2D eigenvalue weighted by atomic mass is 10.1.